The number of anilines is 2. The minimum atomic E-state index is 0.000599. The lowest BCUT2D eigenvalue weighted by Crippen LogP contribution is -2.14. The molecule has 2 aliphatic rings. The van der Waals surface area contributed by atoms with E-state index in [-0.39, 0.29) is 5.91 Å². The molecule has 2 aliphatic carbocycles. The number of nitrogens with zero attached hydrogens (tertiary/aromatic N) is 3. The van der Waals surface area contributed by atoms with E-state index < -0.39 is 0 Å². The van der Waals surface area contributed by atoms with Gasteiger partial charge >= 0.3 is 0 Å². The number of nitrogens with two attached hydrogens (primary N) is 1. The van der Waals surface area contributed by atoms with Crippen molar-refractivity contribution < 1.29 is 4.79 Å². The van der Waals surface area contributed by atoms with E-state index in [0.29, 0.717) is 12.2 Å². The molecule has 3 N–H and O–H groups in total. The van der Waals surface area contributed by atoms with E-state index in [0.717, 1.165) is 60.1 Å². The molecule has 0 saturated heterocycles. The number of fused-ring (bicyclic) bond motifs is 4. The topological polar surface area (TPSA) is 85.8 Å². The zero-order valence-corrected chi connectivity index (χ0v) is 17.9. The third kappa shape index (κ3) is 3.14. The minimum Gasteiger partial charge on any atom is -0.382 e. The first kappa shape index (κ1) is 19.0. The fraction of sp³-hybridized carbons (Fsp3) is 0.269. The van der Waals surface area contributed by atoms with Crippen molar-refractivity contribution in [1.29, 1.82) is 0 Å². The molecule has 6 nitrogen and oxygen atoms in total. The third-order valence-corrected chi connectivity index (χ3v) is 6.76. The Morgan fingerprint density at radius 2 is 1.78 bits per heavy atom. The average Bonchev–Trinajstić information content (AvgIpc) is 3.50. The first-order valence-corrected chi connectivity index (χ1v) is 11.3. The van der Waals surface area contributed by atoms with E-state index in [2.05, 4.69) is 38.1 Å². The Morgan fingerprint density at radius 1 is 0.969 bits per heavy atom. The number of rotatable bonds is 4. The number of amides is 1. The summed E-state index contributed by atoms with van der Waals surface area (Å²) >= 11 is 0. The molecular weight excluding hydrogens is 398 g/mol. The fourth-order valence-electron chi connectivity index (χ4n) is 5.30. The van der Waals surface area contributed by atoms with Crippen LogP contribution in [0.1, 0.15) is 40.8 Å². The predicted octanol–water partition coefficient (Wildman–Crippen LogP) is 4.16. The number of carbonyl (C=O) groups is 1. The molecule has 6 heteroatoms. The Bertz CT molecular complexity index is 1350. The summed E-state index contributed by atoms with van der Waals surface area (Å²) in [5, 5.41) is 3.03. The number of hydrogen-bond acceptors (Lipinski definition) is 4. The summed E-state index contributed by atoms with van der Waals surface area (Å²) < 4.78 is 2.18. The standard InChI is InChI=1S/C26H25N5O/c27-26-25-24(28-15-29-26)21-5-2-6-22(21)31(25)20-11-9-19(10-12-20)30-23(32)14-16-7-8-17-3-1-4-18(17)13-16/h7-13,15H,1-6,14H2,(H,30,32)(H2,27,28,29). The zero-order valence-electron chi connectivity index (χ0n) is 17.9. The molecule has 0 radical (unpaired) electrons. The summed E-state index contributed by atoms with van der Waals surface area (Å²) in [5.74, 6) is 0.497. The first-order chi connectivity index (χ1) is 15.7. The SMILES string of the molecule is Nc1ncnc2c3c(n(-c4ccc(NC(=O)Cc5ccc6c(c5)CCC6)cc4)c12)CCC3. The maximum atomic E-state index is 12.6. The number of aromatic nitrogens is 3. The van der Waals surface area contributed by atoms with Gasteiger partial charge in [0.05, 0.1) is 11.9 Å². The molecule has 0 aliphatic heterocycles. The van der Waals surface area contributed by atoms with Gasteiger partial charge in [-0.05, 0) is 85.0 Å². The number of hydrogen-bond donors (Lipinski definition) is 2. The monoisotopic (exact) mass is 423 g/mol. The van der Waals surface area contributed by atoms with Crippen LogP contribution in [0.25, 0.3) is 16.7 Å². The van der Waals surface area contributed by atoms with Gasteiger partial charge in [0, 0.05) is 17.1 Å². The van der Waals surface area contributed by atoms with E-state index in [4.69, 9.17) is 5.73 Å². The normalized spacial score (nSPS) is 14.5. The van der Waals surface area contributed by atoms with Crippen LogP contribution in [0.2, 0.25) is 0 Å². The smallest absolute Gasteiger partial charge is 0.228 e. The second-order valence-corrected chi connectivity index (χ2v) is 8.80. The molecule has 2 aromatic carbocycles. The molecule has 0 bridgehead atoms. The summed E-state index contributed by atoms with van der Waals surface area (Å²) in [5.41, 5.74) is 16.3. The van der Waals surface area contributed by atoms with Gasteiger partial charge in [-0.25, -0.2) is 9.97 Å². The highest BCUT2D eigenvalue weighted by Gasteiger charge is 2.25. The van der Waals surface area contributed by atoms with Crippen molar-refractivity contribution in [3.05, 3.63) is 76.7 Å². The van der Waals surface area contributed by atoms with Crippen molar-refractivity contribution in [3.63, 3.8) is 0 Å². The van der Waals surface area contributed by atoms with E-state index in [9.17, 15) is 4.79 Å². The number of nitrogen functional groups attached to an aromatic ring is 1. The van der Waals surface area contributed by atoms with Crippen LogP contribution in [-0.2, 0) is 36.9 Å². The fourth-order valence-corrected chi connectivity index (χ4v) is 5.30. The van der Waals surface area contributed by atoms with Crippen LogP contribution in [0.15, 0.2) is 48.8 Å². The van der Waals surface area contributed by atoms with E-state index in [1.54, 1.807) is 6.33 Å². The minimum absolute atomic E-state index is 0.000599. The van der Waals surface area contributed by atoms with Gasteiger partial charge in [0.2, 0.25) is 5.91 Å². The number of carbonyl (C=O) groups excluding carboxylic acids is 1. The van der Waals surface area contributed by atoms with Crippen molar-refractivity contribution in [3.8, 4) is 5.69 Å². The van der Waals surface area contributed by atoms with Gasteiger partial charge in [-0.1, -0.05) is 18.2 Å². The van der Waals surface area contributed by atoms with Crippen molar-refractivity contribution in [2.75, 3.05) is 11.1 Å². The van der Waals surface area contributed by atoms with Crippen LogP contribution in [-0.4, -0.2) is 20.4 Å². The van der Waals surface area contributed by atoms with Crippen LogP contribution in [0.5, 0.6) is 0 Å². The number of nitrogens with one attached hydrogen (secondary N) is 1. The van der Waals surface area contributed by atoms with Gasteiger partial charge in [-0.2, -0.15) is 0 Å². The number of aryl methyl sites for hydroxylation is 3. The molecule has 32 heavy (non-hydrogen) atoms. The Kier molecular flexibility index (Phi) is 4.45. The summed E-state index contributed by atoms with van der Waals surface area (Å²) in [6.45, 7) is 0. The Labute approximate surface area is 186 Å². The molecule has 0 unspecified atom stereocenters. The molecule has 4 aromatic rings. The lowest BCUT2D eigenvalue weighted by molar-refractivity contribution is -0.115. The molecule has 2 heterocycles. The van der Waals surface area contributed by atoms with Crippen LogP contribution in [0.3, 0.4) is 0 Å². The lowest BCUT2D eigenvalue weighted by atomic mass is 10.0. The predicted molar refractivity (Wildman–Crippen MR) is 126 cm³/mol. The highest BCUT2D eigenvalue weighted by Crippen LogP contribution is 2.36. The molecule has 1 amide bonds. The molecule has 6 rings (SSSR count). The summed E-state index contributed by atoms with van der Waals surface area (Å²) in [4.78, 5) is 21.3. The average molecular weight is 424 g/mol. The summed E-state index contributed by atoms with van der Waals surface area (Å²) in [6.07, 6.45) is 8.58. The summed E-state index contributed by atoms with van der Waals surface area (Å²) in [7, 11) is 0. The van der Waals surface area contributed by atoms with Crippen LogP contribution < -0.4 is 11.1 Å². The molecule has 0 atom stereocenters. The second kappa shape index (κ2) is 7.48. The van der Waals surface area contributed by atoms with Gasteiger partial charge in [0.1, 0.15) is 11.8 Å². The second-order valence-electron chi connectivity index (χ2n) is 8.80. The molecule has 160 valence electrons. The van der Waals surface area contributed by atoms with Crippen LogP contribution in [0.4, 0.5) is 11.5 Å². The highest BCUT2D eigenvalue weighted by molar-refractivity contribution is 5.93. The molecule has 0 spiro atoms. The third-order valence-electron chi connectivity index (χ3n) is 6.76. The van der Waals surface area contributed by atoms with Gasteiger partial charge in [0.25, 0.3) is 0 Å². The molecule has 0 saturated carbocycles. The van der Waals surface area contributed by atoms with Crippen molar-refractivity contribution in [2.24, 2.45) is 0 Å². The van der Waals surface area contributed by atoms with Crippen LogP contribution >= 0.6 is 0 Å². The van der Waals surface area contributed by atoms with E-state index in [1.807, 2.05) is 24.3 Å². The van der Waals surface area contributed by atoms with Gasteiger partial charge in [-0.3, -0.25) is 4.79 Å². The highest BCUT2D eigenvalue weighted by atomic mass is 16.1. The quantitative estimate of drug-likeness (QED) is 0.516. The van der Waals surface area contributed by atoms with E-state index in [1.165, 1.54) is 28.8 Å². The molecule has 0 fully saturated rings. The van der Waals surface area contributed by atoms with Gasteiger partial charge < -0.3 is 15.6 Å². The van der Waals surface area contributed by atoms with Gasteiger partial charge in [-0.15, -0.1) is 0 Å². The van der Waals surface area contributed by atoms with Crippen molar-refractivity contribution >= 4 is 28.4 Å². The largest absolute Gasteiger partial charge is 0.382 e. The Hall–Kier alpha value is -3.67. The maximum Gasteiger partial charge on any atom is 0.228 e. The van der Waals surface area contributed by atoms with Crippen LogP contribution in [0, 0.1) is 0 Å². The van der Waals surface area contributed by atoms with Gasteiger partial charge in [0.15, 0.2) is 5.82 Å². The Morgan fingerprint density at radius 3 is 2.66 bits per heavy atom. The van der Waals surface area contributed by atoms with Crippen molar-refractivity contribution in [1.82, 2.24) is 14.5 Å². The molecular formula is C26H25N5O. The maximum absolute atomic E-state index is 12.6. The Balaban J connectivity index is 1.24. The lowest BCUT2D eigenvalue weighted by Gasteiger charge is -2.12. The van der Waals surface area contributed by atoms with Crippen molar-refractivity contribution in [2.45, 2.75) is 44.9 Å². The zero-order chi connectivity index (χ0) is 21.7. The summed E-state index contributed by atoms with van der Waals surface area (Å²) in [6, 6.07) is 14.4. The number of benzene rings is 2. The molecule has 2 aromatic heterocycles. The van der Waals surface area contributed by atoms with E-state index >= 15 is 0 Å². The first-order valence-electron chi connectivity index (χ1n) is 11.3.